The second-order valence-electron chi connectivity index (χ2n) is 1.52. The SMILES string of the molecule is COc1ccccc1.[NaH]. The summed E-state index contributed by atoms with van der Waals surface area (Å²) in [5.41, 5.74) is 0. The van der Waals surface area contributed by atoms with Gasteiger partial charge in [0.25, 0.3) is 0 Å². The molecule has 2 heteroatoms. The zero-order valence-corrected chi connectivity index (χ0v) is 4.79. The van der Waals surface area contributed by atoms with Gasteiger partial charge in [0.05, 0.1) is 7.11 Å². The molecule has 0 amide bonds. The standard InChI is InChI=1S/C7H8O.Na.H/c1-8-7-5-3-2-4-6-7;;/h2-6H,1H3;;. The van der Waals surface area contributed by atoms with E-state index in [9.17, 15) is 0 Å². The fourth-order valence-electron chi connectivity index (χ4n) is 0.557. The zero-order chi connectivity index (χ0) is 5.82. The van der Waals surface area contributed by atoms with Crippen molar-refractivity contribution in [2.24, 2.45) is 0 Å². The zero-order valence-electron chi connectivity index (χ0n) is 4.79. The number of rotatable bonds is 1. The molecule has 0 fully saturated rings. The molecule has 0 N–H and O–H groups in total. The van der Waals surface area contributed by atoms with E-state index < -0.39 is 0 Å². The van der Waals surface area contributed by atoms with Crippen molar-refractivity contribution in [3.8, 4) is 5.75 Å². The van der Waals surface area contributed by atoms with Crippen LogP contribution in [0.15, 0.2) is 30.3 Å². The van der Waals surface area contributed by atoms with Crippen LogP contribution in [-0.4, -0.2) is 36.7 Å². The quantitative estimate of drug-likeness (QED) is 0.519. The van der Waals surface area contributed by atoms with E-state index >= 15 is 0 Å². The minimum atomic E-state index is 0. The minimum absolute atomic E-state index is 0. The summed E-state index contributed by atoms with van der Waals surface area (Å²) in [4.78, 5) is 0. The molecule has 0 aliphatic carbocycles. The summed E-state index contributed by atoms with van der Waals surface area (Å²) in [6, 6.07) is 9.68. The molecule has 44 valence electrons. The van der Waals surface area contributed by atoms with Crippen molar-refractivity contribution in [3.63, 3.8) is 0 Å². The Balaban J connectivity index is 0.000000640. The van der Waals surface area contributed by atoms with E-state index in [4.69, 9.17) is 4.74 Å². The Morgan fingerprint density at radius 2 is 1.67 bits per heavy atom. The Bertz CT molecular complexity index is 150. The topological polar surface area (TPSA) is 9.23 Å². The van der Waals surface area contributed by atoms with Crippen LogP contribution >= 0.6 is 0 Å². The summed E-state index contributed by atoms with van der Waals surface area (Å²) in [5.74, 6) is 0.910. The number of methoxy groups -OCH3 is 1. The summed E-state index contributed by atoms with van der Waals surface area (Å²) in [7, 11) is 1.66. The van der Waals surface area contributed by atoms with Crippen LogP contribution in [0.4, 0.5) is 0 Å². The van der Waals surface area contributed by atoms with Crippen LogP contribution < -0.4 is 4.74 Å². The number of hydrogen-bond donors (Lipinski definition) is 0. The van der Waals surface area contributed by atoms with Crippen LogP contribution in [0.5, 0.6) is 5.75 Å². The van der Waals surface area contributed by atoms with E-state index in [0.29, 0.717) is 0 Å². The van der Waals surface area contributed by atoms with Gasteiger partial charge in [0.15, 0.2) is 0 Å². The Morgan fingerprint density at radius 3 is 2.00 bits per heavy atom. The van der Waals surface area contributed by atoms with Crippen LogP contribution in [0.25, 0.3) is 0 Å². The van der Waals surface area contributed by atoms with E-state index in [1.165, 1.54) is 0 Å². The summed E-state index contributed by atoms with van der Waals surface area (Å²) in [5, 5.41) is 0. The molecule has 0 radical (unpaired) electrons. The average molecular weight is 132 g/mol. The van der Waals surface area contributed by atoms with Crippen molar-refractivity contribution in [3.05, 3.63) is 30.3 Å². The predicted molar refractivity (Wildman–Crippen MR) is 40.1 cm³/mol. The molecule has 0 saturated heterocycles. The van der Waals surface area contributed by atoms with Crippen molar-refractivity contribution in [1.29, 1.82) is 0 Å². The van der Waals surface area contributed by atoms with Gasteiger partial charge in [-0.15, -0.1) is 0 Å². The van der Waals surface area contributed by atoms with Gasteiger partial charge < -0.3 is 4.74 Å². The number of hydrogen-bond acceptors (Lipinski definition) is 1. The number of benzene rings is 1. The van der Waals surface area contributed by atoms with Crippen LogP contribution in [-0.2, 0) is 0 Å². The molecule has 0 bridgehead atoms. The third-order valence-electron chi connectivity index (χ3n) is 0.979. The molecule has 1 aromatic carbocycles. The van der Waals surface area contributed by atoms with Gasteiger partial charge in [0.1, 0.15) is 5.75 Å². The molecule has 1 aromatic rings. The van der Waals surface area contributed by atoms with E-state index in [1.54, 1.807) is 7.11 Å². The fourth-order valence-corrected chi connectivity index (χ4v) is 0.557. The predicted octanol–water partition coefficient (Wildman–Crippen LogP) is 1.05. The van der Waals surface area contributed by atoms with Gasteiger partial charge in [0, 0.05) is 0 Å². The van der Waals surface area contributed by atoms with Gasteiger partial charge in [-0.1, -0.05) is 18.2 Å². The monoisotopic (exact) mass is 132 g/mol. The summed E-state index contributed by atoms with van der Waals surface area (Å²) in [6.07, 6.45) is 0. The molecule has 9 heavy (non-hydrogen) atoms. The normalized spacial score (nSPS) is 7.67. The molecule has 0 aliphatic rings. The Labute approximate surface area is 77.3 Å². The molecule has 0 spiro atoms. The summed E-state index contributed by atoms with van der Waals surface area (Å²) < 4.78 is 4.91. The van der Waals surface area contributed by atoms with Crippen molar-refractivity contribution in [2.75, 3.05) is 7.11 Å². The third kappa shape index (κ3) is 2.89. The van der Waals surface area contributed by atoms with E-state index in [1.807, 2.05) is 30.3 Å². The molecule has 1 rings (SSSR count). The molecular weight excluding hydrogens is 123 g/mol. The maximum atomic E-state index is 4.91. The first-order chi connectivity index (χ1) is 3.93. The van der Waals surface area contributed by atoms with Gasteiger partial charge in [-0.2, -0.15) is 0 Å². The Hall–Kier alpha value is 0.0200. The average Bonchev–Trinajstić information content (AvgIpc) is 1.90. The first-order valence-electron chi connectivity index (χ1n) is 2.52. The molecule has 0 aromatic heterocycles. The van der Waals surface area contributed by atoms with Crippen molar-refractivity contribution in [2.45, 2.75) is 0 Å². The molecule has 0 atom stereocenters. The van der Waals surface area contributed by atoms with Gasteiger partial charge >= 0.3 is 29.6 Å². The molecular formula is C7H9NaO. The molecule has 0 aliphatic heterocycles. The number of ether oxygens (including phenoxy) is 1. The van der Waals surface area contributed by atoms with Gasteiger partial charge in [-0.25, -0.2) is 0 Å². The fraction of sp³-hybridized carbons (Fsp3) is 0.143. The van der Waals surface area contributed by atoms with Gasteiger partial charge in [-0.3, -0.25) is 0 Å². The maximum absolute atomic E-state index is 4.91. The van der Waals surface area contributed by atoms with Crippen molar-refractivity contribution >= 4 is 29.6 Å². The number of para-hydroxylation sites is 1. The van der Waals surface area contributed by atoms with E-state index in [-0.39, 0.29) is 29.6 Å². The summed E-state index contributed by atoms with van der Waals surface area (Å²) in [6.45, 7) is 0. The van der Waals surface area contributed by atoms with Crippen molar-refractivity contribution in [1.82, 2.24) is 0 Å². The first kappa shape index (κ1) is 9.02. The van der Waals surface area contributed by atoms with Gasteiger partial charge in [-0.05, 0) is 12.1 Å². The van der Waals surface area contributed by atoms with Crippen LogP contribution in [0, 0.1) is 0 Å². The molecule has 0 heterocycles. The second-order valence-corrected chi connectivity index (χ2v) is 1.52. The Kier molecular flexibility index (Phi) is 4.87. The Morgan fingerprint density at radius 1 is 1.11 bits per heavy atom. The molecule has 0 unspecified atom stereocenters. The third-order valence-corrected chi connectivity index (χ3v) is 0.979. The summed E-state index contributed by atoms with van der Waals surface area (Å²) >= 11 is 0. The molecule has 1 nitrogen and oxygen atoms in total. The van der Waals surface area contributed by atoms with Crippen LogP contribution in [0.1, 0.15) is 0 Å². The van der Waals surface area contributed by atoms with Crippen molar-refractivity contribution < 1.29 is 4.74 Å². The van der Waals surface area contributed by atoms with Crippen LogP contribution in [0.2, 0.25) is 0 Å². The van der Waals surface area contributed by atoms with E-state index in [0.717, 1.165) is 5.75 Å². The second kappa shape index (κ2) is 4.86. The molecule has 0 saturated carbocycles. The first-order valence-corrected chi connectivity index (χ1v) is 2.52. The van der Waals surface area contributed by atoms with Gasteiger partial charge in [0.2, 0.25) is 0 Å². The van der Waals surface area contributed by atoms with Crippen LogP contribution in [0.3, 0.4) is 0 Å². The van der Waals surface area contributed by atoms with E-state index in [2.05, 4.69) is 0 Å².